The van der Waals surface area contributed by atoms with E-state index in [1.807, 2.05) is 20.8 Å². The third-order valence-corrected chi connectivity index (χ3v) is 3.19. The minimum Gasteiger partial charge on any atom is -0.366 e. The van der Waals surface area contributed by atoms with Crippen molar-refractivity contribution in [3.05, 3.63) is 28.4 Å². The number of amides is 1. The molecule has 0 atom stereocenters. The zero-order valence-corrected chi connectivity index (χ0v) is 12.7. The molecule has 0 saturated carbocycles. The van der Waals surface area contributed by atoms with E-state index in [4.69, 9.17) is 0 Å². The van der Waals surface area contributed by atoms with Crippen LogP contribution in [0.5, 0.6) is 0 Å². The molecular formula is C13H18N6O3. The quantitative estimate of drug-likeness (QED) is 0.612. The number of hydrogen-bond acceptors (Lipinski definition) is 6. The van der Waals surface area contributed by atoms with Crippen LogP contribution in [0, 0.1) is 15.5 Å². The summed E-state index contributed by atoms with van der Waals surface area (Å²) in [6.45, 7) is 6.38. The number of rotatable bonds is 6. The number of fused-ring (bicyclic) bond motifs is 1. The van der Waals surface area contributed by atoms with Gasteiger partial charge >= 0.3 is 5.82 Å². The standard InChI is InChI=1S/C13H18N6O3/c1-4-14-12(20)13(2,3)8-16-9-5-6-10-15-7-11(19(21)22)18(10)17-9/h5-7H,4,8H2,1-3H3,(H,14,20)(H,16,17). The number of imidazole rings is 1. The lowest BCUT2D eigenvalue weighted by atomic mass is 9.92. The highest BCUT2D eigenvalue weighted by atomic mass is 16.6. The Morgan fingerprint density at radius 1 is 1.45 bits per heavy atom. The number of nitrogens with one attached hydrogen (secondary N) is 2. The van der Waals surface area contributed by atoms with Gasteiger partial charge in [0.2, 0.25) is 11.6 Å². The molecule has 0 aliphatic carbocycles. The second-order valence-electron chi connectivity index (χ2n) is 5.46. The molecule has 9 heteroatoms. The molecule has 2 aromatic heterocycles. The Bertz CT molecular complexity index is 709. The summed E-state index contributed by atoms with van der Waals surface area (Å²) in [6.07, 6.45) is 1.16. The molecule has 0 unspecified atom stereocenters. The van der Waals surface area contributed by atoms with E-state index in [0.29, 0.717) is 24.6 Å². The molecule has 0 bridgehead atoms. The molecular weight excluding hydrogens is 288 g/mol. The van der Waals surface area contributed by atoms with Crippen molar-refractivity contribution in [1.82, 2.24) is 19.9 Å². The van der Waals surface area contributed by atoms with Gasteiger partial charge in [0.1, 0.15) is 6.20 Å². The van der Waals surface area contributed by atoms with Gasteiger partial charge in [0, 0.05) is 19.2 Å². The molecule has 0 fully saturated rings. The maximum Gasteiger partial charge on any atom is 0.368 e. The van der Waals surface area contributed by atoms with Crippen LogP contribution in [-0.4, -0.2) is 38.5 Å². The van der Waals surface area contributed by atoms with Crippen molar-refractivity contribution in [1.29, 1.82) is 0 Å². The average molecular weight is 306 g/mol. The zero-order valence-electron chi connectivity index (χ0n) is 12.7. The minimum atomic E-state index is -0.631. The molecule has 0 aliphatic heterocycles. The monoisotopic (exact) mass is 306 g/mol. The molecule has 0 aromatic carbocycles. The maximum absolute atomic E-state index is 11.9. The molecule has 2 aromatic rings. The van der Waals surface area contributed by atoms with Gasteiger partial charge in [0.05, 0.1) is 5.41 Å². The number of hydrogen-bond donors (Lipinski definition) is 2. The molecule has 2 N–H and O–H groups in total. The Morgan fingerprint density at radius 3 is 2.82 bits per heavy atom. The highest BCUT2D eigenvalue weighted by Crippen LogP contribution is 2.18. The van der Waals surface area contributed by atoms with Gasteiger partial charge in [-0.25, -0.2) is 4.98 Å². The van der Waals surface area contributed by atoms with Crippen LogP contribution in [0.2, 0.25) is 0 Å². The third kappa shape index (κ3) is 3.13. The summed E-state index contributed by atoms with van der Waals surface area (Å²) in [7, 11) is 0. The maximum atomic E-state index is 11.9. The summed E-state index contributed by atoms with van der Waals surface area (Å²) in [5.74, 6) is 0.157. The molecule has 2 rings (SSSR count). The molecule has 0 spiro atoms. The van der Waals surface area contributed by atoms with Crippen LogP contribution >= 0.6 is 0 Å². The lowest BCUT2D eigenvalue weighted by molar-refractivity contribution is -0.391. The van der Waals surface area contributed by atoms with Crippen LogP contribution in [0.25, 0.3) is 5.65 Å². The van der Waals surface area contributed by atoms with E-state index in [9.17, 15) is 14.9 Å². The van der Waals surface area contributed by atoms with Crippen LogP contribution in [0.1, 0.15) is 20.8 Å². The van der Waals surface area contributed by atoms with E-state index in [0.717, 1.165) is 10.7 Å². The van der Waals surface area contributed by atoms with E-state index in [-0.39, 0.29) is 11.7 Å². The van der Waals surface area contributed by atoms with E-state index in [1.54, 1.807) is 12.1 Å². The molecule has 118 valence electrons. The fourth-order valence-corrected chi connectivity index (χ4v) is 1.87. The van der Waals surface area contributed by atoms with Crippen molar-refractivity contribution < 1.29 is 9.72 Å². The smallest absolute Gasteiger partial charge is 0.366 e. The lowest BCUT2D eigenvalue weighted by Crippen LogP contribution is -2.41. The second-order valence-corrected chi connectivity index (χ2v) is 5.46. The van der Waals surface area contributed by atoms with Crippen LogP contribution in [0.3, 0.4) is 0 Å². The van der Waals surface area contributed by atoms with Gasteiger partial charge < -0.3 is 20.7 Å². The predicted octanol–water partition coefficient (Wildman–Crippen LogP) is 1.21. The fraction of sp³-hybridized carbons (Fsp3) is 0.462. The molecule has 0 aliphatic rings. The molecule has 0 radical (unpaired) electrons. The van der Waals surface area contributed by atoms with E-state index >= 15 is 0 Å². The van der Waals surface area contributed by atoms with Gasteiger partial charge in [0.15, 0.2) is 5.82 Å². The molecule has 0 saturated heterocycles. The summed E-state index contributed by atoms with van der Waals surface area (Å²) in [5, 5.41) is 20.8. The van der Waals surface area contributed by atoms with Crippen LogP contribution in [0.4, 0.5) is 11.6 Å². The van der Waals surface area contributed by atoms with Crippen LogP contribution in [-0.2, 0) is 4.79 Å². The number of anilines is 1. The van der Waals surface area contributed by atoms with Crippen molar-refractivity contribution in [2.75, 3.05) is 18.4 Å². The Labute approximate surface area is 126 Å². The predicted molar refractivity (Wildman–Crippen MR) is 80.6 cm³/mol. The normalized spacial score (nSPS) is 11.4. The first kappa shape index (κ1) is 15.7. The summed E-state index contributed by atoms with van der Waals surface area (Å²) in [4.78, 5) is 26.2. The average Bonchev–Trinajstić information content (AvgIpc) is 2.88. The SMILES string of the molecule is CCNC(=O)C(C)(C)CNc1ccc2ncc([N+](=O)[O-])n2n1. The summed E-state index contributed by atoms with van der Waals surface area (Å²) < 4.78 is 1.15. The van der Waals surface area contributed by atoms with Gasteiger partial charge in [0.25, 0.3) is 0 Å². The number of nitrogens with zero attached hydrogens (tertiary/aromatic N) is 4. The zero-order chi connectivity index (χ0) is 16.3. The Morgan fingerprint density at radius 2 is 2.18 bits per heavy atom. The van der Waals surface area contributed by atoms with Crippen molar-refractivity contribution >= 4 is 23.2 Å². The highest BCUT2D eigenvalue weighted by molar-refractivity contribution is 5.82. The fourth-order valence-electron chi connectivity index (χ4n) is 1.87. The topological polar surface area (TPSA) is 114 Å². The Balaban J connectivity index is 2.16. The van der Waals surface area contributed by atoms with Crippen molar-refractivity contribution in [2.45, 2.75) is 20.8 Å². The van der Waals surface area contributed by atoms with E-state index in [1.165, 1.54) is 0 Å². The van der Waals surface area contributed by atoms with Crippen molar-refractivity contribution in [2.24, 2.45) is 5.41 Å². The first-order chi connectivity index (χ1) is 10.3. The minimum absolute atomic E-state index is 0.0720. The van der Waals surface area contributed by atoms with Gasteiger partial charge in [-0.3, -0.25) is 4.79 Å². The largest absolute Gasteiger partial charge is 0.368 e. The van der Waals surface area contributed by atoms with Crippen molar-refractivity contribution in [3.8, 4) is 0 Å². The van der Waals surface area contributed by atoms with Gasteiger partial charge in [-0.2, -0.15) is 0 Å². The number of carbonyl (C=O) groups excluding carboxylic acids is 1. The summed E-state index contributed by atoms with van der Waals surface area (Å²) in [6, 6.07) is 3.29. The Kier molecular flexibility index (Phi) is 4.25. The highest BCUT2D eigenvalue weighted by Gasteiger charge is 2.27. The molecule has 1 amide bonds. The number of carbonyl (C=O) groups is 1. The van der Waals surface area contributed by atoms with Gasteiger partial charge in [-0.1, -0.05) is 9.61 Å². The van der Waals surface area contributed by atoms with Gasteiger partial charge in [-0.15, -0.1) is 0 Å². The number of nitro groups is 1. The van der Waals surface area contributed by atoms with Crippen molar-refractivity contribution in [3.63, 3.8) is 0 Å². The first-order valence-electron chi connectivity index (χ1n) is 6.86. The molecule has 22 heavy (non-hydrogen) atoms. The number of aromatic nitrogens is 3. The molecule has 9 nitrogen and oxygen atoms in total. The molecule has 2 heterocycles. The lowest BCUT2D eigenvalue weighted by Gasteiger charge is -2.23. The first-order valence-corrected chi connectivity index (χ1v) is 6.86. The van der Waals surface area contributed by atoms with Crippen LogP contribution in [0.15, 0.2) is 18.3 Å². The summed E-state index contributed by atoms with van der Waals surface area (Å²) in [5.41, 5.74) is -0.242. The van der Waals surface area contributed by atoms with E-state index < -0.39 is 10.3 Å². The Hall–Kier alpha value is -2.71. The van der Waals surface area contributed by atoms with Gasteiger partial charge in [-0.05, 0) is 31.8 Å². The summed E-state index contributed by atoms with van der Waals surface area (Å²) >= 11 is 0. The second kappa shape index (κ2) is 5.96. The third-order valence-electron chi connectivity index (χ3n) is 3.19. The van der Waals surface area contributed by atoms with Crippen LogP contribution < -0.4 is 10.6 Å². The van der Waals surface area contributed by atoms with E-state index in [2.05, 4.69) is 20.7 Å².